The van der Waals surface area contributed by atoms with Gasteiger partial charge in [0, 0.05) is 5.56 Å². The molecule has 0 saturated heterocycles. The molecule has 0 amide bonds. The number of para-hydroxylation sites is 1. The summed E-state index contributed by atoms with van der Waals surface area (Å²) in [5, 5.41) is 0. The quantitative estimate of drug-likeness (QED) is 0.924. The number of hydrogen-bond acceptors (Lipinski definition) is 3. The Morgan fingerprint density at radius 2 is 1.71 bits per heavy atom. The minimum Gasteiger partial charge on any atom is -0.369 e. The molecule has 1 aliphatic rings. The Morgan fingerprint density at radius 1 is 1.00 bits per heavy atom. The third-order valence-corrected chi connectivity index (χ3v) is 3.44. The molecule has 1 unspecified atom stereocenters. The van der Waals surface area contributed by atoms with Crippen molar-refractivity contribution in [2.75, 3.05) is 11.4 Å². The van der Waals surface area contributed by atoms with Crippen molar-refractivity contribution in [1.29, 1.82) is 0 Å². The fraction of sp³-hybridized carbons (Fsp3) is 0.133. The van der Waals surface area contributed by atoms with Gasteiger partial charge in [0.15, 0.2) is 17.6 Å². The molecule has 0 aliphatic carbocycles. The van der Waals surface area contributed by atoms with Crippen LogP contribution < -0.4 is 10.6 Å². The molecule has 2 N–H and O–H groups in total. The van der Waals surface area contributed by atoms with Crippen molar-refractivity contribution in [3.05, 3.63) is 65.5 Å². The number of rotatable bonds is 2. The molecule has 1 heterocycles. The third-order valence-electron chi connectivity index (χ3n) is 3.44. The summed E-state index contributed by atoms with van der Waals surface area (Å²) < 4.78 is 41.3. The Balaban J connectivity index is 2.08. The maximum atomic E-state index is 14.0. The van der Waals surface area contributed by atoms with E-state index in [1.54, 1.807) is 12.1 Å². The zero-order valence-corrected chi connectivity index (χ0v) is 10.9. The van der Waals surface area contributed by atoms with Crippen LogP contribution in [-0.2, 0) is 0 Å². The highest BCUT2D eigenvalue weighted by molar-refractivity contribution is 5.97. The lowest BCUT2D eigenvalue weighted by Crippen LogP contribution is -2.37. The normalized spacial score (nSPS) is 18.0. The lowest BCUT2D eigenvalue weighted by atomic mass is 10.0. The van der Waals surface area contributed by atoms with E-state index in [1.165, 1.54) is 29.2 Å². The summed E-state index contributed by atoms with van der Waals surface area (Å²) >= 11 is 0. The Bertz CT molecular complexity index is 715. The Kier molecular flexibility index (Phi) is 3.29. The van der Waals surface area contributed by atoms with Crippen molar-refractivity contribution in [2.45, 2.75) is 6.04 Å². The average molecular weight is 291 g/mol. The highest BCUT2D eigenvalue weighted by Crippen LogP contribution is 2.34. The lowest BCUT2D eigenvalue weighted by molar-refractivity contribution is 0.490. The fourth-order valence-electron chi connectivity index (χ4n) is 2.45. The van der Waals surface area contributed by atoms with E-state index in [0.717, 1.165) is 6.07 Å². The van der Waals surface area contributed by atoms with Crippen LogP contribution in [0.1, 0.15) is 11.6 Å². The van der Waals surface area contributed by atoms with Crippen molar-refractivity contribution >= 4 is 11.6 Å². The topological polar surface area (TPSA) is 41.6 Å². The van der Waals surface area contributed by atoms with Gasteiger partial charge < -0.3 is 10.6 Å². The predicted molar refractivity (Wildman–Crippen MR) is 74.5 cm³/mol. The van der Waals surface area contributed by atoms with Crippen LogP contribution in [0.5, 0.6) is 0 Å². The van der Waals surface area contributed by atoms with Crippen LogP contribution in [0.3, 0.4) is 0 Å². The van der Waals surface area contributed by atoms with E-state index < -0.39 is 23.5 Å². The zero-order chi connectivity index (χ0) is 15.0. The molecule has 3 nitrogen and oxygen atoms in total. The van der Waals surface area contributed by atoms with Crippen molar-refractivity contribution in [2.24, 2.45) is 10.7 Å². The number of guanidine groups is 1. The number of benzene rings is 2. The molecule has 2 aromatic carbocycles. The second-order valence-electron chi connectivity index (χ2n) is 4.68. The molecule has 3 rings (SSSR count). The predicted octanol–water partition coefficient (Wildman–Crippen LogP) is 2.98. The Hall–Kier alpha value is -2.50. The number of nitrogens with zero attached hydrogens (tertiary/aromatic N) is 2. The first-order valence-electron chi connectivity index (χ1n) is 6.37. The maximum absolute atomic E-state index is 14.0. The van der Waals surface area contributed by atoms with Gasteiger partial charge in [-0.3, -0.25) is 4.99 Å². The molecule has 0 aromatic heterocycles. The smallest absolute Gasteiger partial charge is 0.196 e. The molecule has 0 bridgehead atoms. The van der Waals surface area contributed by atoms with Crippen LogP contribution in [0.15, 0.2) is 47.5 Å². The summed E-state index contributed by atoms with van der Waals surface area (Å²) in [6.07, 6.45) is 0. The van der Waals surface area contributed by atoms with E-state index in [0.29, 0.717) is 0 Å². The van der Waals surface area contributed by atoms with Gasteiger partial charge in [0.2, 0.25) is 0 Å². The number of halogens is 3. The Morgan fingerprint density at radius 3 is 2.48 bits per heavy atom. The minimum absolute atomic E-state index is 0.0776. The van der Waals surface area contributed by atoms with Gasteiger partial charge in [0.1, 0.15) is 5.82 Å². The number of aliphatic imine (C=N–C) groups is 1. The Labute approximate surface area is 119 Å². The molecule has 1 atom stereocenters. The summed E-state index contributed by atoms with van der Waals surface area (Å²) in [6, 6.07) is 9.20. The van der Waals surface area contributed by atoms with Crippen molar-refractivity contribution in [3.63, 3.8) is 0 Å². The van der Waals surface area contributed by atoms with Crippen LogP contribution in [-0.4, -0.2) is 12.5 Å². The lowest BCUT2D eigenvalue weighted by Gasteiger charge is -2.27. The first-order chi connectivity index (χ1) is 10.1. The SMILES string of the molecule is NC1=NCC(c2cccc(F)c2F)N1c1ccccc1F. The first-order valence-corrected chi connectivity index (χ1v) is 6.37. The monoisotopic (exact) mass is 291 g/mol. The van der Waals surface area contributed by atoms with Gasteiger partial charge in [-0.15, -0.1) is 0 Å². The van der Waals surface area contributed by atoms with Crippen LogP contribution >= 0.6 is 0 Å². The summed E-state index contributed by atoms with van der Waals surface area (Å²) in [6.45, 7) is 0.139. The minimum atomic E-state index is -0.964. The van der Waals surface area contributed by atoms with Gasteiger partial charge in [0.25, 0.3) is 0 Å². The fourth-order valence-corrected chi connectivity index (χ4v) is 2.45. The summed E-state index contributed by atoms with van der Waals surface area (Å²) in [5.41, 5.74) is 6.07. The first kappa shape index (κ1) is 13.5. The van der Waals surface area contributed by atoms with E-state index in [-0.39, 0.29) is 23.8 Å². The highest BCUT2D eigenvalue weighted by Gasteiger charge is 2.32. The van der Waals surface area contributed by atoms with E-state index in [9.17, 15) is 13.2 Å². The number of nitrogens with two attached hydrogens (primary N) is 1. The zero-order valence-electron chi connectivity index (χ0n) is 10.9. The molecule has 0 radical (unpaired) electrons. The van der Waals surface area contributed by atoms with Gasteiger partial charge >= 0.3 is 0 Å². The van der Waals surface area contributed by atoms with E-state index >= 15 is 0 Å². The maximum Gasteiger partial charge on any atom is 0.196 e. The number of hydrogen-bond donors (Lipinski definition) is 1. The molecular formula is C15H12F3N3. The molecule has 0 saturated carbocycles. The molecule has 0 spiro atoms. The molecule has 1 aliphatic heterocycles. The largest absolute Gasteiger partial charge is 0.369 e. The van der Waals surface area contributed by atoms with Crippen LogP contribution in [0.2, 0.25) is 0 Å². The van der Waals surface area contributed by atoms with E-state index in [2.05, 4.69) is 4.99 Å². The van der Waals surface area contributed by atoms with Gasteiger partial charge in [-0.05, 0) is 18.2 Å². The summed E-state index contributed by atoms with van der Waals surface area (Å²) in [5.74, 6) is -2.34. The average Bonchev–Trinajstić information content (AvgIpc) is 2.84. The molecule has 2 aromatic rings. The van der Waals surface area contributed by atoms with Gasteiger partial charge in [-0.2, -0.15) is 0 Å². The second-order valence-corrected chi connectivity index (χ2v) is 4.68. The van der Waals surface area contributed by atoms with E-state index in [1.807, 2.05) is 0 Å². The van der Waals surface area contributed by atoms with Crippen LogP contribution in [0, 0.1) is 17.5 Å². The second kappa shape index (κ2) is 5.12. The van der Waals surface area contributed by atoms with Gasteiger partial charge in [-0.25, -0.2) is 13.2 Å². The summed E-state index contributed by atoms with van der Waals surface area (Å²) in [4.78, 5) is 5.41. The van der Waals surface area contributed by atoms with Crippen molar-refractivity contribution < 1.29 is 13.2 Å². The molecule has 21 heavy (non-hydrogen) atoms. The van der Waals surface area contributed by atoms with E-state index in [4.69, 9.17) is 5.73 Å². The van der Waals surface area contributed by atoms with Crippen molar-refractivity contribution in [1.82, 2.24) is 0 Å². The molecule has 0 fully saturated rings. The molecule has 6 heteroatoms. The molecular weight excluding hydrogens is 279 g/mol. The summed E-state index contributed by atoms with van der Waals surface area (Å²) in [7, 11) is 0. The van der Waals surface area contributed by atoms with Gasteiger partial charge in [0.05, 0.1) is 18.3 Å². The van der Waals surface area contributed by atoms with Crippen molar-refractivity contribution in [3.8, 4) is 0 Å². The van der Waals surface area contributed by atoms with Crippen LogP contribution in [0.4, 0.5) is 18.9 Å². The van der Waals surface area contributed by atoms with Crippen LogP contribution in [0.25, 0.3) is 0 Å². The third kappa shape index (κ3) is 2.22. The standard InChI is InChI=1S/C15H12F3N3/c16-10-5-1-2-7-12(10)21-13(8-20-15(21)19)9-4-3-6-11(17)14(9)18/h1-7,13H,8H2,(H2,19,20). The van der Waals surface area contributed by atoms with Gasteiger partial charge in [-0.1, -0.05) is 24.3 Å². The number of anilines is 1. The highest BCUT2D eigenvalue weighted by atomic mass is 19.2. The molecule has 108 valence electrons.